The number of aryl methyl sites for hydroxylation is 1. The molecule has 0 aromatic heterocycles. The highest BCUT2D eigenvalue weighted by Gasteiger charge is 2.15. The molecule has 236 valence electrons. The molecule has 0 spiro atoms. The van der Waals surface area contributed by atoms with Crippen molar-refractivity contribution in [1.82, 2.24) is 0 Å². The van der Waals surface area contributed by atoms with E-state index in [9.17, 15) is 4.79 Å². The Bertz CT molecular complexity index is 927. The number of esters is 1. The molecule has 42 heavy (non-hydrogen) atoms. The van der Waals surface area contributed by atoms with Gasteiger partial charge in [-0.1, -0.05) is 120 Å². The maximum absolute atomic E-state index is 12.1. The van der Waals surface area contributed by atoms with E-state index in [4.69, 9.17) is 9.47 Å². The predicted molar refractivity (Wildman–Crippen MR) is 178 cm³/mol. The Morgan fingerprint density at radius 1 is 0.643 bits per heavy atom. The normalized spacial score (nSPS) is 11.5. The van der Waals surface area contributed by atoms with Gasteiger partial charge in [0.15, 0.2) is 0 Å². The number of rotatable bonds is 26. The number of nitrogens with zero attached hydrogens (tertiary/aromatic N) is 1. The Morgan fingerprint density at radius 3 is 1.95 bits per heavy atom. The van der Waals surface area contributed by atoms with Crippen LogP contribution < -0.4 is 4.74 Å². The monoisotopic (exact) mass is 580 g/mol. The fourth-order valence-electron chi connectivity index (χ4n) is 5.58. The zero-order chi connectivity index (χ0) is 30.1. The zero-order valence-electron chi connectivity index (χ0n) is 27.4. The van der Waals surface area contributed by atoms with Gasteiger partial charge in [-0.15, -0.1) is 0 Å². The molecule has 0 amide bonds. The number of unbranched alkanes of at least 4 members (excludes halogenated alkanes) is 13. The number of ether oxygens (including phenoxy) is 2. The van der Waals surface area contributed by atoms with Gasteiger partial charge in [0.2, 0.25) is 0 Å². The molecule has 0 saturated carbocycles. The van der Waals surface area contributed by atoms with E-state index in [1.807, 2.05) is 6.07 Å². The number of hydrogen-bond acceptors (Lipinski definition) is 3. The highest BCUT2D eigenvalue weighted by Crippen LogP contribution is 2.18. The summed E-state index contributed by atoms with van der Waals surface area (Å²) in [5.41, 5.74) is 2.73. The van der Waals surface area contributed by atoms with Gasteiger partial charge in [-0.05, 0) is 56.2 Å². The van der Waals surface area contributed by atoms with Crippen molar-refractivity contribution in [2.24, 2.45) is 0 Å². The quantitative estimate of drug-likeness (QED) is 0.0631. The molecule has 2 aromatic carbocycles. The molecule has 0 heterocycles. The Morgan fingerprint density at radius 2 is 1.26 bits per heavy atom. The van der Waals surface area contributed by atoms with Gasteiger partial charge < -0.3 is 14.0 Å². The average molecular weight is 581 g/mol. The second-order valence-corrected chi connectivity index (χ2v) is 12.8. The maximum Gasteiger partial charge on any atom is 0.305 e. The second-order valence-electron chi connectivity index (χ2n) is 12.8. The Balaban J connectivity index is 1.42. The van der Waals surface area contributed by atoms with Crippen molar-refractivity contribution in [3.8, 4) is 5.75 Å². The van der Waals surface area contributed by atoms with Crippen LogP contribution in [-0.2, 0) is 22.5 Å². The number of carbonyl (C=O) groups excluding carboxylic acids is 1. The number of benzene rings is 2. The topological polar surface area (TPSA) is 35.5 Å². The first-order chi connectivity index (χ1) is 20.5. The third-order valence-corrected chi connectivity index (χ3v) is 8.14. The van der Waals surface area contributed by atoms with Crippen molar-refractivity contribution in [3.63, 3.8) is 0 Å². The van der Waals surface area contributed by atoms with Gasteiger partial charge in [-0.25, -0.2) is 0 Å². The van der Waals surface area contributed by atoms with Gasteiger partial charge in [0.05, 0.1) is 33.9 Å². The molecule has 0 saturated heterocycles. The lowest BCUT2D eigenvalue weighted by atomic mass is 10.0. The smallest absolute Gasteiger partial charge is 0.305 e. The van der Waals surface area contributed by atoms with Crippen LogP contribution in [-0.4, -0.2) is 44.3 Å². The van der Waals surface area contributed by atoms with Gasteiger partial charge in [0.25, 0.3) is 0 Å². The minimum absolute atomic E-state index is 0.0743. The largest absolute Gasteiger partial charge is 0.494 e. The van der Waals surface area contributed by atoms with Crippen molar-refractivity contribution in [2.45, 2.75) is 129 Å². The Labute approximate surface area is 258 Å². The van der Waals surface area contributed by atoms with E-state index in [0.717, 1.165) is 55.4 Å². The lowest BCUT2D eigenvalue weighted by Crippen LogP contribution is -2.39. The molecule has 2 rings (SSSR count). The molecule has 0 fully saturated rings. The summed E-state index contributed by atoms with van der Waals surface area (Å²) in [6, 6.07) is 19.2. The van der Waals surface area contributed by atoms with Gasteiger partial charge >= 0.3 is 5.97 Å². The molecule has 0 N–H and O–H groups in total. The predicted octanol–water partition coefficient (Wildman–Crippen LogP) is 10.1. The molecule has 0 radical (unpaired) electrons. The summed E-state index contributed by atoms with van der Waals surface area (Å²) in [6.07, 6.45) is 21.9. The third kappa shape index (κ3) is 19.0. The molecular formula is C38H62NO3+. The molecule has 0 atom stereocenters. The van der Waals surface area contributed by atoms with Crippen LogP contribution in [0.2, 0.25) is 0 Å². The Hall–Kier alpha value is -2.33. The first-order valence-electron chi connectivity index (χ1n) is 17.2. The maximum atomic E-state index is 12.1. The van der Waals surface area contributed by atoms with Crippen molar-refractivity contribution >= 4 is 5.97 Å². The van der Waals surface area contributed by atoms with E-state index < -0.39 is 0 Å². The fourth-order valence-corrected chi connectivity index (χ4v) is 5.58. The van der Waals surface area contributed by atoms with E-state index in [-0.39, 0.29) is 5.97 Å². The van der Waals surface area contributed by atoms with Crippen molar-refractivity contribution in [3.05, 3.63) is 65.7 Å². The molecule has 4 nitrogen and oxygen atoms in total. The van der Waals surface area contributed by atoms with Crippen LogP contribution in [0, 0.1) is 0 Å². The van der Waals surface area contributed by atoms with Crippen LogP contribution in [0.15, 0.2) is 54.6 Å². The van der Waals surface area contributed by atoms with E-state index in [1.54, 1.807) is 0 Å². The van der Waals surface area contributed by atoms with Gasteiger partial charge in [0.1, 0.15) is 12.3 Å². The van der Waals surface area contributed by atoms with Crippen molar-refractivity contribution < 1.29 is 18.8 Å². The molecule has 2 aromatic rings. The van der Waals surface area contributed by atoms with Crippen LogP contribution >= 0.6 is 0 Å². The van der Waals surface area contributed by atoms with Crippen LogP contribution in [0.4, 0.5) is 0 Å². The SMILES string of the molecule is CCCCCCCCCCCCCCc1cccc(OCCCCOC(=O)CCCC[N+](C)(C)Cc2ccccc2)c1. The molecule has 0 aliphatic heterocycles. The van der Waals surface area contributed by atoms with Gasteiger partial charge in [-0.2, -0.15) is 0 Å². The third-order valence-electron chi connectivity index (χ3n) is 8.14. The molecular weight excluding hydrogens is 518 g/mol. The standard InChI is InChI=1S/C38H62NO3/c1-4-5-6-7-8-9-10-11-12-13-14-16-24-35-27-23-28-37(33-35)41-31-21-22-32-42-38(40)29-19-20-30-39(2,3)34-36-25-17-15-18-26-36/h15,17-18,23,25-28,33H,4-14,16,19-22,24,29-32,34H2,1-3H3/q+1. The average Bonchev–Trinajstić information content (AvgIpc) is 2.98. The molecule has 4 heteroatoms. The van der Waals surface area contributed by atoms with Crippen molar-refractivity contribution in [2.75, 3.05) is 33.9 Å². The molecule has 0 aliphatic rings. The number of hydrogen-bond donors (Lipinski definition) is 0. The second kappa shape index (κ2) is 23.2. The first-order valence-corrected chi connectivity index (χ1v) is 17.2. The fraction of sp³-hybridized carbons (Fsp3) is 0.658. The Kier molecular flexibility index (Phi) is 19.8. The van der Waals surface area contributed by atoms with Crippen LogP contribution in [0.25, 0.3) is 0 Å². The zero-order valence-corrected chi connectivity index (χ0v) is 27.4. The lowest BCUT2D eigenvalue weighted by molar-refractivity contribution is -0.903. The molecule has 0 aliphatic carbocycles. The van der Waals surface area contributed by atoms with E-state index in [1.165, 1.54) is 88.2 Å². The molecule has 0 unspecified atom stereocenters. The number of quaternary nitrogens is 1. The highest BCUT2D eigenvalue weighted by molar-refractivity contribution is 5.69. The molecule has 0 bridgehead atoms. The van der Waals surface area contributed by atoms with E-state index in [2.05, 4.69) is 69.6 Å². The van der Waals surface area contributed by atoms with Crippen LogP contribution in [0.5, 0.6) is 5.75 Å². The minimum atomic E-state index is -0.0743. The summed E-state index contributed by atoms with van der Waals surface area (Å²) in [5.74, 6) is 0.881. The van der Waals surface area contributed by atoms with Gasteiger partial charge in [-0.3, -0.25) is 4.79 Å². The lowest BCUT2D eigenvalue weighted by Gasteiger charge is -2.30. The summed E-state index contributed by atoms with van der Waals surface area (Å²) in [4.78, 5) is 12.1. The van der Waals surface area contributed by atoms with Crippen molar-refractivity contribution in [1.29, 1.82) is 0 Å². The van der Waals surface area contributed by atoms with E-state index >= 15 is 0 Å². The first kappa shape index (κ1) is 35.9. The summed E-state index contributed by atoms with van der Waals surface area (Å²) in [7, 11) is 4.51. The summed E-state index contributed by atoms with van der Waals surface area (Å²) in [5, 5.41) is 0. The summed E-state index contributed by atoms with van der Waals surface area (Å²) >= 11 is 0. The summed E-state index contributed by atoms with van der Waals surface area (Å²) < 4.78 is 12.4. The number of carbonyl (C=O) groups is 1. The minimum Gasteiger partial charge on any atom is -0.494 e. The highest BCUT2D eigenvalue weighted by atomic mass is 16.5. The van der Waals surface area contributed by atoms with Gasteiger partial charge in [0, 0.05) is 12.0 Å². The van der Waals surface area contributed by atoms with Crippen LogP contribution in [0.3, 0.4) is 0 Å². The van der Waals surface area contributed by atoms with E-state index in [0.29, 0.717) is 19.6 Å². The summed E-state index contributed by atoms with van der Waals surface area (Å²) in [6.45, 7) is 5.50. The van der Waals surface area contributed by atoms with Crippen LogP contribution in [0.1, 0.15) is 127 Å².